The molecule has 0 aromatic heterocycles. The molecule has 0 spiro atoms. The molecule has 0 heterocycles. The second-order valence-corrected chi connectivity index (χ2v) is 28.2. The Morgan fingerprint density at radius 2 is 0.241 bits per heavy atom. The first-order chi connectivity index (χ1) is 53.5. The van der Waals surface area contributed by atoms with Gasteiger partial charge in [-0.2, -0.15) is 0 Å². The Bertz CT molecular complexity index is 6560. The topological polar surface area (TPSA) is 0 Å². The normalized spacial score (nSPS) is 11.3. The van der Waals surface area contributed by atoms with Gasteiger partial charge in [0.25, 0.3) is 0 Å². The Morgan fingerprint density at radius 3 is 0.528 bits per heavy atom. The average Bonchev–Trinajstić information content (AvgIpc) is 0.738. The van der Waals surface area contributed by atoms with Gasteiger partial charge in [0.05, 0.1) is 0 Å². The minimum absolute atomic E-state index is 1.21. The van der Waals surface area contributed by atoms with Crippen LogP contribution in [0, 0.1) is 0 Å². The van der Waals surface area contributed by atoms with Crippen LogP contribution in [-0.4, -0.2) is 0 Å². The summed E-state index contributed by atoms with van der Waals surface area (Å²) in [6.07, 6.45) is 0. The summed E-state index contributed by atoms with van der Waals surface area (Å²) >= 11 is 0. The molecule has 0 atom stereocenters. The largest absolute Gasteiger partial charge is 0.0622 e. The summed E-state index contributed by atoms with van der Waals surface area (Å²) in [6.45, 7) is 0. The molecule has 0 unspecified atom stereocenters. The van der Waals surface area contributed by atoms with Crippen molar-refractivity contribution in [1.29, 1.82) is 0 Å². The molecule has 0 nitrogen and oxygen atoms in total. The standard InChI is InChI=1S/2C54H36/c1-4-14-37(15-5-1)46-34-47(38-16-6-2-7-17-38)36-48(35-46)40-26-24-39(25-27-40)42-28-29-44-33-45(31-30-43(44)32-42)54-51-22-12-10-20-49(51)53(41-18-8-3-9-19-41)50-21-11-13-23-52(50)54;1-3-14-37(15-4-1)39-18-11-19-40(32-39)41-20-12-21-42(33-41)43-22-13-23-44(34-43)45-28-29-47-36-48(31-30-46(47)35-45)54-51-26-9-7-24-49(51)53(38-16-5-2-6-17-38)50-25-8-10-27-52(50)54/h2*1-36H. The van der Waals surface area contributed by atoms with Gasteiger partial charge in [0.2, 0.25) is 0 Å². The van der Waals surface area contributed by atoms with Crippen LogP contribution in [0.2, 0.25) is 0 Å². The fraction of sp³-hybridized carbons (Fsp3) is 0. The molecule has 0 fully saturated rings. The zero-order valence-electron chi connectivity index (χ0n) is 59.6. The number of hydrogen-bond acceptors (Lipinski definition) is 0. The van der Waals surface area contributed by atoms with E-state index in [-0.39, 0.29) is 0 Å². The first kappa shape index (κ1) is 64.8. The van der Waals surface area contributed by atoms with Crippen molar-refractivity contribution in [2.24, 2.45) is 0 Å². The highest BCUT2D eigenvalue weighted by Gasteiger charge is 2.20. The van der Waals surface area contributed by atoms with Crippen molar-refractivity contribution in [1.82, 2.24) is 0 Å². The average molecular weight is 1370 g/mol. The molecule has 504 valence electrons. The highest BCUT2D eigenvalue weighted by Crippen LogP contribution is 2.47. The third-order valence-electron chi connectivity index (χ3n) is 21.6. The first-order valence-corrected chi connectivity index (χ1v) is 37.3. The lowest BCUT2D eigenvalue weighted by Crippen LogP contribution is -1.91. The lowest BCUT2D eigenvalue weighted by Gasteiger charge is -2.18. The Morgan fingerprint density at radius 1 is 0.0833 bits per heavy atom. The lowest BCUT2D eigenvalue weighted by atomic mass is 9.85. The van der Waals surface area contributed by atoms with Crippen molar-refractivity contribution in [2.75, 3.05) is 0 Å². The molecule has 108 heavy (non-hydrogen) atoms. The van der Waals surface area contributed by atoms with E-state index < -0.39 is 0 Å². The molecular weight excluding hydrogens is 1300 g/mol. The van der Waals surface area contributed by atoms with Gasteiger partial charge in [0, 0.05) is 0 Å². The Balaban J connectivity index is 0.000000147. The number of hydrogen-bond donors (Lipinski definition) is 0. The molecule has 0 aliphatic rings. The van der Waals surface area contributed by atoms with Crippen molar-refractivity contribution >= 4 is 64.6 Å². The van der Waals surface area contributed by atoms with E-state index in [2.05, 4.69) is 437 Å². The van der Waals surface area contributed by atoms with Gasteiger partial charge in [0.15, 0.2) is 0 Å². The third-order valence-corrected chi connectivity index (χ3v) is 21.6. The van der Waals surface area contributed by atoms with Gasteiger partial charge in [-0.15, -0.1) is 0 Å². The summed E-state index contributed by atoms with van der Waals surface area (Å²) in [6, 6.07) is 159. The van der Waals surface area contributed by atoms with Crippen LogP contribution in [0.15, 0.2) is 437 Å². The Hall–Kier alpha value is -14.0. The van der Waals surface area contributed by atoms with Crippen molar-refractivity contribution in [3.8, 4) is 134 Å². The van der Waals surface area contributed by atoms with Crippen LogP contribution in [0.5, 0.6) is 0 Å². The van der Waals surface area contributed by atoms with E-state index in [1.807, 2.05) is 0 Å². The highest BCUT2D eigenvalue weighted by molar-refractivity contribution is 6.23. The Labute approximate surface area is 630 Å². The van der Waals surface area contributed by atoms with Gasteiger partial charge < -0.3 is 0 Å². The third kappa shape index (κ3) is 12.6. The fourth-order valence-corrected chi connectivity index (χ4v) is 16.4. The zero-order chi connectivity index (χ0) is 71.7. The smallest absolute Gasteiger partial charge is 0.00262 e. The molecule has 20 aromatic rings. The van der Waals surface area contributed by atoms with Gasteiger partial charge >= 0.3 is 0 Å². The van der Waals surface area contributed by atoms with E-state index in [4.69, 9.17) is 0 Å². The molecule has 0 heteroatoms. The van der Waals surface area contributed by atoms with E-state index in [0.29, 0.717) is 0 Å². The maximum absolute atomic E-state index is 2.37. The molecule has 20 rings (SSSR count). The number of fused-ring (bicyclic) bond motifs is 6. The SMILES string of the molecule is c1ccc(-c2cc(-c3ccccc3)cc(-c3ccc(-c4ccc5cc(-c6c7ccccc7c(-c7ccccc7)c7ccccc67)ccc5c4)cc3)c2)cc1.c1ccc(-c2cccc(-c3cccc(-c4cccc(-c5ccc6cc(-c7c8ccccc8c(-c8ccccc8)c8ccccc78)ccc6c5)c4)c3)c2)cc1. The van der Waals surface area contributed by atoms with Crippen LogP contribution >= 0.6 is 0 Å². The van der Waals surface area contributed by atoms with E-state index >= 15 is 0 Å². The molecule has 0 aliphatic carbocycles. The van der Waals surface area contributed by atoms with Gasteiger partial charge in [0.1, 0.15) is 0 Å². The molecule has 0 radical (unpaired) electrons. The fourth-order valence-electron chi connectivity index (χ4n) is 16.4. The predicted molar refractivity (Wildman–Crippen MR) is 463 cm³/mol. The van der Waals surface area contributed by atoms with Crippen LogP contribution in [0.4, 0.5) is 0 Å². The van der Waals surface area contributed by atoms with Crippen LogP contribution in [-0.2, 0) is 0 Å². The summed E-state index contributed by atoms with van der Waals surface area (Å²) in [5.41, 5.74) is 29.6. The second-order valence-electron chi connectivity index (χ2n) is 28.2. The maximum atomic E-state index is 2.37. The molecule has 0 amide bonds. The highest BCUT2D eigenvalue weighted by atomic mass is 14.2. The first-order valence-electron chi connectivity index (χ1n) is 37.3. The monoisotopic (exact) mass is 1370 g/mol. The van der Waals surface area contributed by atoms with E-state index in [1.165, 1.54) is 198 Å². The summed E-state index contributed by atoms with van der Waals surface area (Å²) < 4.78 is 0. The molecule has 0 saturated carbocycles. The van der Waals surface area contributed by atoms with Crippen LogP contribution in [0.25, 0.3) is 198 Å². The number of benzene rings is 20. The molecule has 20 aromatic carbocycles. The lowest BCUT2D eigenvalue weighted by molar-refractivity contribution is 1.56. The summed E-state index contributed by atoms with van der Waals surface area (Å²) in [7, 11) is 0. The molecule has 0 bridgehead atoms. The molecular formula is C108H72. The van der Waals surface area contributed by atoms with Crippen LogP contribution < -0.4 is 0 Å². The minimum atomic E-state index is 1.21. The molecule has 0 N–H and O–H groups in total. The van der Waals surface area contributed by atoms with Gasteiger partial charge in [-0.3, -0.25) is 0 Å². The summed E-state index contributed by atoms with van der Waals surface area (Å²) in [4.78, 5) is 0. The van der Waals surface area contributed by atoms with Gasteiger partial charge in [-0.1, -0.05) is 376 Å². The van der Waals surface area contributed by atoms with Crippen LogP contribution in [0.3, 0.4) is 0 Å². The summed E-state index contributed by atoms with van der Waals surface area (Å²) in [5, 5.41) is 15.1. The van der Waals surface area contributed by atoms with E-state index in [9.17, 15) is 0 Å². The van der Waals surface area contributed by atoms with Gasteiger partial charge in [-0.25, -0.2) is 0 Å². The predicted octanol–water partition coefficient (Wildman–Crippen LogP) is 30.3. The molecule has 0 saturated heterocycles. The number of rotatable bonds is 12. The van der Waals surface area contributed by atoms with Crippen molar-refractivity contribution < 1.29 is 0 Å². The molecule has 0 aliphatic heterocycles. The zero-order valence-corrected chi connectivity index (χ0v) is 59.6. The van der Waals surface area contributed by atoms with Gasteiger partial charge in [-0.05, 0) is 259 Å². The van der Waals surface area contributed by atoms with Crippen molar-refractivity contribution in [3.63, 3.8) is 0 Å². The van der Waals surface area contributed by atoms with Crippen molar-refractivity contribution in [2.45, 2.75) is 0 Å². The van der Waals surface area contributed by atoms with E-state index in [0.717, 1.165) is 0 Å². The minimum Gasteiger partial charge on any atom is -0.0622 e. The van der Waals surface area contributed by atoms with Crippen LogP contribution in [0.1, 0.15) is 0 Å². The van der Waals surface area contributed by atoms with E-state index in [1.54, 1.807) is 0 Å². The quantitative estimate of drug-likeness (QED) is 0.107. The Kier molecular flexibility index (Phi) is 17.1. The second kappa shape index (κ2) is 28.5. The summed E-state index contributed by atoms with van der Waals surface area (Å²) in [5.74, 6) is 0. The van der Waals surface area contributed by atoms with Crippen molar-refractivity contribution in [3.05, 3.63) is 437 Å². The maximum Gasteiger partial charge on any atom is -0.00262 e.